The summed E-state index contributed by atoms with van der Waals surface area (Å²) in [6, 6.07) is 24.8. The summed E-state index contributed by atoms with van der Waals surface area (Å²) in [5.74, 6) is -15.4. The van der Waals surface area contributed by atoms with E-state index < -0.39 is 64.8 Å². The second-order valence-electron chi connectivity index (χ2n) is 16.6. The predicted molar refractivity (Wildman–Crippen MR) is 248 cm³/mol. The monoisotopic (exact) mass is 918 g/mol. The van der Waals surface area contributed by atoms with Crippen LogP contribution < -0.4 is 15.4 Å². The zero-order valence-corrected chi connectivity index (χ0v) is 38.3. The number of ether oxygens (including phenoxy) is 2. The second-order valence-corrected chi connectivity index (χ2v) is 16.6. The highest BCUT2D eigenvalue weighted by molar-refractivity contribution is 5.88. The average Bonchev–Trinajstić information content (AvgIpc) is 3.32. The first kappa shape index (κ1) is 52.8. The van der Waals surface area contributed by atoms with Gasteiger partial charge in [-0.15, -0.1) is 0 Å². The molecule has 2 amide bonds. The Hall–Kier alpha value is -5.85. The minimum Gasteiger partial charge on any atom is -0.467 e. The van der Waals surface area contributed by atoms with Crippen molar-refractivity contribution in [3.63, 3.8) is 0 Å². The maximum atomic E-state index is 14.1. The topological polar surface area (TPSA) is 111 Å². The minimum atomic E-state index is -2.37. The molecule has 2 N–H and O–H groups in total. The number of amides is 2. The van der Waals surface area contributed by atoms with E-state index in [1.165, 1.54) is 39.2 Å². The van der Waals surface area contributed by atoms with E-state index in [1.54, 1.807) is 18.2 Å². The Balaban J connectivity index is 0.000000302. The van der Waals surface area contributed by atoms with Crippen LogP contribution >= 0.6 is 0 Å². The highest BCUT2D eigenvalue weighted by Gasteiger charge is 2.32. The summed E-state index contributed by atoms with van der Waals surface area (Å²) >= 11 is 0. The van der Waals surface area contributed by atoms with Gasteiger partial charge in [-0.25, -0.2) is 22.8 Å². The molecule has 66 heavy (non-hydrogen) atoms. The van der Waals surface area contributed by atoms with Crippen LogP contribution in [-0.4, -0.2) is 42.9 Å². The number of carbonyl (C=O) groups is 4. The summed E-state index contributed by atoms with van der Waals surface area (Å²) in [7, 11) is 1.36. The van der Waals surface area contributed by atoms with Crippen LogP contribution in [0.5, 0.6) is 5.75 Å². The Kier molecular flexibility index (Phi) is 22.6. The van der Waals surface area contributed by atoms with Crippen molar-refractivity contribution in [2.24, 2.45) is 0 Å². The zero-order valence-electron chi connectivity index (χ0n) is 38.3. The fraction of sp³-hybridized carbons (Fsp3) is 0.434. The molecule has 0 aromatic heterocycles. The van der Waals surface area contributed by atoms with E-state index in [4.69, 9.17) is 4.74 Å². The summed E-state index contributed by atoms with van der Waals surface area (Å²) in [6.45, 7) is 4.33. The van der Waals surface area contributed by atoms with E-state index in [2.05, 4.69) is 41.4 Å². The van der Waals surface area contributed by atoms with Gasteiger partial charge in [0, 0.05) is 25.7 Å². The van der Waals surface area contributed by atoms with Crippen molar-refractivity contribution < 1.29 is 50.6 Å². The number of carbonyl (C=O) groups excluding carboxylic acids is 4. The first-order valence-electron chi connectivity index (χ1n) is 23.2. The summed E-state index contributed by atoms with van der Waals surface area (Å²) in [6.07, 6.45) is 15.9. The van der Waals surface area contributed by atoms with E-state index in [1.807, 2.05) is 54.6 Å². The van der Waals surface area contributed by atoms with Crippen molar-refractivity contribution in [3.8, 4) is 5.75 Å². The lowest BCUT2D eigenvalue weighted by Crippen LogP contribution is -2.44. The van der Waals surface area contributed by atoms with Gasteiger partial charge < -0.3 is 20.1 Å². The molecule has 0 heterocycles. The molecule has 0 spiro atoms. The molecule has 5 aromatic carbocycles. The highest BCUT2D eigenvalue weighted by Crippen LogP contribution is 2.30. The lowest BCUT2D eigenvalue weighted by atomic mass is 10.0. The van der Waals surface area contributed by atoms with Crippen LogP contribution in [0.1, 0.15) is 128 Å². The van der Waals surface area contributed by atoms with Gasteiger partial charge in [0.1, 0.15) is 12.1 Å². The molecule has 0 fully saturated rings. The third kappa shape index (κ3) is 16.9. The maximum Gasteiger partial charge on any atom is 0.334 e. The van der Waals surface area contributed by atoms with Gasteiger partial charge >= 0.3 is 11.9 Å². The fourth-order valence-electron chi connectivity index (χ4n) is 7.60. The number of methoxy groups -OCH3 is 1. The third-order valence-corrected chi connectivity index (χ3v) is 11.3. The highest BCUT2D eigenvalue weighted by atomic mass is 19.2. The number of benzene rings is 5. The molecule has 5 rings (SSSR count). The molecule has 2 unspecified atom stereocenters. The Morgan fingerprint density at radius 2 is 0.833 bits per heavy atom. The molecular weight excluding hydrogens is 856 g/mol. The molecular formula is C53H63F5N2O6. The van der Waals surface area contributed by atoms with Gasteiger partial charge in [-0.05, 0) is 45.5 Å². The van der Waals surface area contributed by atoms with E-state index in [0.717, 1.165) is 78.5 Å². The van der Waals surface area contributed by atoms with Crippen LogP contribution in [0.4, 0.5) is 22.0 Å². The van der Waals surface area contributed by atoms with E-state index in [9.17, 15) is 41.1 Å². The van der Waals surface area contributed by atoms with Crippen LogP contribution in [0.15, 0.2) is 84.9 Å². The number of hydrogen-bond donors (Lipinski definition) is 2. The molecule has 0 bridgehead atoms. The number of fused-ring (bicyclic) bond motifs is 2. The smallest absolute Gasteiger partial charge is 0.334 e. The van der Waals surface area contributed by atoms with Crippen LogP contribution in [0.25, 0.3) is 21.5 Å². The molecule has 13 heteroatoms. The van der Waals surface area contributed by atoms with E-state index in [0.29, 0.717) is 24.8 Å². The standard InChI is InChI=1S/C29H30F5NO3.C24H33NO3/c1-2-3-4-5-6-7-8-13-22(36)35-21(17-18-14-15-19-11-9-10-12-20(19)16-18)29(37)38-28-26(33)24(31)23(30)25(32)27(28)34;1-3-4-5-6-7-8-9-14-23(26)25-22(24(27)28-2)18-19-15-16-20-12-10-11-13-21(20)17-19/h9-12,14-16,21H,2-8,13,17H2,1H3,(H,35,36);10-13,15-17,22H,3-9,14,18H2,1-2H3,(H,25,26). The fourth-order valence-corrected chi connectivity index (χ4v) is 7.60. The second kappa shape index (κ2) is 28.2. The largest absolute Gasteiger partial charge is 0.467 e. The third-order valence-electron chi connectivity index (χ3n) is 11.3. The van der Waals surface area contributed by atoms with E-state index >= 15 is 0 Å². The Morgan fingerprint density at radius 3 is 1.24 bits per heavy atom. The van der Waals surface area contributed by atoms with Crippen molar-refractivity contribution in [2.75, 3.05) is 7.11 Å². The predicted octanol–water partition coefficient (Wildman–Crippen LogP) is 12.5. The molecule has 0 aliphatic heterocycles. The van der Waals surface area contributed by atoms with Gasteiger partial charge in [0.05, 0.1) is 7.11 Å². The molecule has 8 nitrogen and oxygen atoms in total. The van der Waals surface area contributed by atoms with Gasteiger partial charge in [0.15, 0.2) is 0 Å². The van der Waals surface area contributed by atoms with Crippen molar-refractivity contribution in [2.45, 2.75) is 142 Å². The van der Waals surface area contributed by atoms with Crippen LogP contribution in [0.2, 0.25) is 0 Å². The van der Waals surface area contributed by atoms with E-state index in [-0.39, 0.29) is 18.7 Å². The SMILES string of the molecule is CCCCCCCCCC(=O)NC(Cc1ccc2ccccc2c1)C(=O)OC.CCCCCCCCCC(=O)NC(Cc1ccc2ccccc2c1)C(=O)Oc1c(F)c(F)c(F)c(F)c1F. The number of esters is 2. The van der Waals surface area contributed by atoms with Crippen molar-refractivity contribution in [3.05, 3.63) is 125 Å². The summed E-state index contributed by atoms with van der Waals surface area (Å²) < 4.78 is 78.4. The summed E-state index contributed by atoms with van der Waals surface area (Å²) in [4.78, 5) is 49.9. The van der Waals surface area contributed by atoms with Crippen molar-refractivity contribution >= 4 is 45.3 Å². The van der Waals surface area contributed by atoms with Crippen LogP contribution in [0, 0.1) is 29.1 Å². The number of rotatable bonds is 25. The van der Waals surface area contributed by atoms with Gasteiger partial charge in [0.2, 0.25) is 46.6 Å². The van der Waals surface area contributed by atoms with Crippen molar-refractivity contribution in [1.29, 1.82) is 0 Å². The number of halogens is 5. The molecule has 0 aliphatic rings. The van der Waals surface area contributed by atoms with Gasteiger partial charge in [-0.3, -0.25) is 9.59 Å². The first-order chi connectivity index (χ1) is 31.9. The van der Waals surface area contributed by atoms with Gasteiger partial charge in [0.25, 0.3) is 0 Å². The zero-order chi connectivity index (χ0) is 47.8. The Bertz CT molecular complexity index is 2330. The van der Waals surface area contributed by atoms with Gasteiger partial charge in [-0.2, -0.15) is 8.78 Å². The molecule has 356 valence electrons. The number of nitrogens with one attached hydrogen (secondary N) is 2. The lowest BCUT2D eigenvalue weighted by Gasteiger charge is -2.19. The number of unbranched alkanes of at least 4 members (excludes halogenated alkanes) is 12. The Morgan fingerprint density at radius 1 is 0.470 bits per heavy atom. The Labute approximate surface area is 385 Å². The molecule has 0 saturated heterocycles. The average molecular weight is 919 g/mol. The molecule has 0 saturated carbocycles. The minimum absolute atomic E-state index is 0.0789. The quantitative estimate of drug-likeness (QED) is 0.0151. The molecule has 0 radical (unpaired) electrons. The normalized spacial score (nSPS) is 11.9. The summed E-state index contributed by atoms with van der Waals surface area (Å²) in [5, 5.41) is 9.43. The lowest BCUT2D eigenvalue weighted by molar-refractivity contribution is -0.145. The summed E-state index contributed by atoms with van der Waals surface area (Å²) in [5.41, 5.74) is 1.60. The first-order valence-corrected chi connectivity index (χ1v) is 23.2. The molecule has 2 atom stereocenters. The molecule has 0 aliphatic carbocycles. The van der Waals surface area contributed by atoms with Crippen molar-refractivity contribution in [1.82, 2.24) is 10.6 Å². The maximum absolute atomic E-state index is 14.1. The van der Waals surface area contributed by atoms with Gasteiger partial charge in [-0.1, -0.05) is 176 Å². The number of hydrogen-bond acceptors (Lipinski definition) is 6. The molecule has 5 aromatic rings. The van der Waals surface area contributed by atoms with Crippen LogP contribution in [-0.2, 0) is 36.8 Å². The van der Waals surface area contributed by atoms with Crippen LogP contribution in [0.3, 0.4) is 0 Å².